The Bertz CT molecular complexity index is 1390. The molecule has 1 saturated carbocycles. The molecule has 1 fully saturated rings. The molecule has 180 valence electrons. The number of benzene rings is 3. The number of hydrogen-bond donors (Lipinski definition) is 1. The standard InChI is InChI=1S/C26H25N3O5S/c1-34-25(30)17-29(22-11-12-22)26(31)24(14-18-6-8-19(16-27)9-7-18)28-35(32,33)23-13-10-20-4-2-3-5-21(20)15-23/h2-10,13,15,22,24,28H,11-12,14,17H2,1H3. The maximum absolute atomic E-state index is 13.6. The summed E-state index contributed by atoms with van der Waals surface area (Å²) in [5.74, 6) is -1.06. The summed E-state index contributed by atoms with van der Waals surface area (Å²) in [5.41, 5.74) is 1.14. The highest BCUT2D eigenvalue weighted by Crippen LogP contribution is 2.28. The molecule has 0 spiro atoms. The van der Waals surface area contributed by atoms with Crippen molar-refractivity contribution in [3.63, 3.8) is 0 Å². The number of sulfonamides is 1. The molecule has 4 rings (SSSR count). The fraction of sp³-hybridized carbons (Fsp3) is 0.269. The van der Waals surface area contributed by atoms with Crippen LogP contribution in [0.25, 0.3) is 10.8 Å². The number of rotatable bonds is 9. The first kappa shape index (κ1) is 24.4. The van der Waals surface area contributed by atoms with Gasteiger partial charge in [-0.25, -0.2) is 8.42 Å². The molecule has 0 radical (unpaired) electrons. The average Bonchev–Trinajstić information content (AvgIpc) is 3.71. The normalized spacial score (nSPS) is 14.2. The summed E-state index contributed by atoms with van der Waals surface area (Å²) in [5, 5.41) is 10.7. The van der Waals surface area contributed by atoms with Crippen molar-refractivity contribution in [3.05, 3.63) is 77.9 Å². The number of hydrogen-bond acceptors (Lipinski definition) is 6. The molecule has 1 aliphatic rings. The first-order valence-corrected chi connectivity index (χ1v) is 12.7. The smallest absolute Gasteiger partial charge is 0.325 e. The van der Waals surface area contributed by atoms with Gasteiger partial charge in [0.15, 0.2) is 0 Å². The summed E-state index contributed by atoms with van der Waals surface area (Å²) < 4.78 is 34.0. The van der Waals surface area contributed by atoms with Crippen molar-refractivity contribution in [1.82, 2.24) is 9.62 Å². The van der Waals surface area contributed by atoms with Crippen molar-refractivity contribution in [2.24, 2.45) is 0 Å². The summed E-state index contributed by atoms with van der Waals surface area (Å²) >= 11 is 0. The second kappa shape index (κ2) is 10.3. The molecule has 3 aromatic rings. The van der Waals surface area contributed by atoms with E-state index in [2.05, 4.69) is 4.72 Å². The van der Waals surface area contributed by atoms with Gasteiger partial charge < -0.3 is 9.64 Å². The van der Waals surface area contributed by atoms with Gasteiger partial charge in [0, 0.05) is 6.04 Å². The Morgan fingerprint density at radius 1 is 1.09 bits per heavy atom. The SMILES string of the molecule is COC(=O)CN(C(=O)C(Cc1ccc(C#N)cc1)NS(=O)(=O)c1ccc2ccccc2c1)C1CC1. The number of nitrogens with one attached hydrogen (secondary N) is 1. The molecule has 1 aliphatic carbocycles. The predicted octanol–water partition coefficient (Wildman–Crippen LogP) is 2.77. The van der Waals surface area contributed by atoms with Gasteiger partial charge in [-0.2, -0.15) is 9.98 Å². The van der Waals surface area contributed by atoms with Crippen LogP contribution in [0.5, 0.6) is 0 Å². The third-order valence-electron chi connectivity index (χ3n) is 5.95. The van der Waals surface area contributed by atoms with Crippen molar-refractivity contribution in [1.29, 1.82) is 5.26 Å². The minimum Gasteiger partial charge on any atom is -0.468 e. The molecule has 1 N–H and O–H groups in total. The lowest BCUT2D eigenvalue weighted by atomic mass is 10.0. The van der Waals surface area contributed by atoms with Crippen LogP contribution in [0.4, 0.5) is 0 Å². The highest BCUT2D eigenvalue weighted by atomic mass is 32.2. The second-order valence-electron chi connectivity index (χ2n) is 8.47. The van der Waals surface area contributed by atoms with Gasteiger partial charge in [-0.05, 0) is 59.9 Å². The molecule has 0 heterocycles. The van der Waals surface area contributed by atoms with E-state index in [0.29, 0.717) is 11.1 Å². The summed E-state index contributed by atoms with van der Waals surface area (Å²) in [7, 11) is -2.82. The number of carbonyl (C=O) groups is 2. The Kier molecular flexibility index (Phi) is 7.15. The van der Waals surface area contributed by atoms with Crippen LogP contribution < -0.4 is 4.72 Å². The number of carbonyl (C=O) groups excluding carboxylic acids is 2. The lowest BCUT2D eigenvalue weighted by molar-refractivity contribution is -0.148. The zero-order chi connectivity index (χ0) is 25.0. The van der Waals surface area contributed by atoms with E-state index in [-0.39, 0.29) is 23.9 Å². The summed E-state index contributed by atoms with van der Waals surface area (Å²) in [6, 6.07) is 19.5. The van der Waals surface area contributed by atoms with E-state index in [9.17, 15) is 18.0 Å². The Balaban J connectivity index is 1.65. The van der Waals surface area contributed by atoms with Gasteiger partial charge in [-0.15, -0.1) is 0 Å². The van der Waals surface area contributed by atoms with E-state index in [4.69, 9.17) is 10.00 Å². The number of nitrogens with zero attached hydrogens (tertiary/aromatic N) is 2. The highest BCUT2D eigenvalue weighted by Gasteiger charge is 2.38. The van der Waals surface area contributed by atoms with Crippen molar-refractivity contribution >= 4 is 32.7 Å². The fourth-order valence-electron chi connectivity index (χ4n) is 3.90. The average molecular weight is 492 g/mol. The predicted molar refractivity (Wildman–Crippen MR) is 130 cm³/mol. The molecule has 0 bridgehead atoms. The van der Waals surface area contributed by atoms with E-state index in [0.717, 1.165) is 23.6 Å². The Labute approximate surface area is 204 Å². The van der Waals surface area contributed by atoms with Gasteiger partial charge in [0.1, 0.15) is 12.6 Å². The molecule has 8 nitrogen and oxygen atoms in total. The largest absolute Gasteiger partial charge is 0.468 e. The van der Waals surface area contributed by atoms with Crippen molar-refractivity contribution in [3.8, 4) is 6.07 Å². The third kappa shape index (κ3) is 5.85. The van der Waals surface area contributed by atoms with Crippen LogP contribution in [0.3, 0.4) is 0 Å². The molecule has 35 heavy (non-hydrogen) atoms. The Hall–Kier alpha value is -3.74. The molecular weight excluding hydrogens is 466 g/mol. The van der Waals surface area contributed by atoms with Crippen LogP contribution in [-0.2, 0) is 30.8 Å². The molecule has 0 saturated heterocycles. The third-order valence-corrected chi connectivity index (χ3v) is 7.42. The lowest BCUT2D eigenvalue weighted by Crippen LogP contribution is -2.51. The van der Waals surface area contributed by atoms with Crippen LogP contribution >= 0.6 is 0 Å². The number of amides is 1. The summed E-state index contributed by atoms with van der Waals surface area (Å²) in [6.07, 6.45) is 1.54. The number of fused-ring (bicyclic) bond motifs is 1. The molecule has 9 heteroatoms. The van der Waals surface area contributed by atoms with Crippen molar-refractivity contribution in [2.75, 3.05) is 13.7 Å². The van der Waals surface area contributed by atoms with E-state index in [1.165, 1.54) is 18.1 Å². The summed E-state index contributed by atoms with van der Waals surface area (Å²) in [4.78, 5) is 27.0. The molecular formula is C26H25N3O5S. The lowest BCUT2D eigenvalue weighted by Gasteiger charge is -2.27. The van der Waals surface area contributed by atoms with Gasteiger partial charge in [0.05, 0.1) is 23.6 Å². The monoisotopic (exact) mass is 491 g/mol. The van der Waals surface area contributed by atoms with Gasteiger partial charge in [-0.3, -0.25) is 9.59 Å². The number of ether oxygens (including phenoxy) is 1. The van der Waals surface area contributed by atoms with E-state index in [1.807, 2.05) is 30.3 Å². The molecule has 3 aromatic carbocycles. The quantitative estimate of drug-likeness (QED) is 0.460. The topological polar surface area (TPSA) is 117 Å². The van der Waals surface area contributed by atoms with Gasteiger partial charge in [-0.1, -0.05) is 42.5 Å². The van der Waals surface area contributed by atoms with Crippen LogP contribution in [0.2, 0.25) is 0 Å². The first-order chi connectivity index (χ1) is 16.8. The van der Waals surface area contributed by atoms with Gasteiger partial charge in [0.25, 0.3) is 0 Å². The zero-order valence-electron chi connectivity index (χ0n) is 19.2. The molecule has 1 unspecified atom stereocenters. The van der Waals surface area contributed by atoms with E-state index >= 15 is 0 Å². The summed E-state index contributed by atoms with van der Waals surface area (Å²) in [6.45, 7) is -0.248. The molecule has 1 atom stereocenters. The van der Waals surface area contributed by atoms with E-state index in [1.54, 1.807) is 36.4 Å². The molecule has 1 amide bonds. The maximum Gasteiger partial charge on any atom is 0.325 e. The van der Waals surface area contributed by atoms with Crippen LogP contribution in [0.1, 0.15) is 24.0 Å². The minimum absolute atomic E-state index is 0.0415. The van der Waals surface area contributed by atoms with Crippen molar-refractivity contribution < 1.29 is 22.7 Å². The minimum atomic E-state index is -4.07. The highest BCUT2D eigenvalue weighted by molar-refractivity contribution is 7.89. The van der Waals surface area contributed by atoms with E-state index < -0.39 is 27.9 Å². The number of esters is 1. The van der Waals surface area contributed by atoms with Gasteiger partial charge in [0.2, 0.25) is 15.9 Å². The number of methoxy groups -OCH3 is 1. The fourth-order valence-corrected chi connectivity index (χ4v) is 5.12. The Morgan fingerprint density at radius 3 is 2.40 bits per heavy atom. The second-order valence-corrected chi connectivity index (χ2v) is 10.2. The first-order valence-electron chi connectivity index (χ1n) is 11.2. The van der Waals surface area contributed by atoms with Crippen molar-refractivity contribution in [2.45, 2.75) is 36.2 Å². The zero-order valence-corrected chi connectivity index (χ0v) is 20.0. The maximum atomic E-state index is 13.6. The Morgan fingerprint density at radius 2 is 1.77 bits per heavy atom. The molecule has 0 aromatic heterocycles. The number of nitriles is 1. The van der Waals surface area contributed by atoms with Crippen LogP contribution in [0.15, 0.2) is 71.6 Å². The van der Waals surface area contributed by atoms with Crippen LogP contribution in [0, 0.1) is 11.3 Å². The van der Waals surface area contributed by atoms with Crippen LogP contribution in [-0.4, -0.2) is 50.9 Å². The van der Waals surface area contributed by atoms with Gasteiger partial charge >= 0.3 is 5.97 Å². The molecule has 0 aliphatic heterocycles.